The third-order valence-corrected chi connectivity index (χ3v) is 3.37. The Labute approximate surface area is 123 Å². The van der Waals surface area contributed by atoms with Crippen molar-refractivity contribution in [1.29, 1.82) is 0 Å². The zero-order valence-corrected chi connectivity index (χ0v) is 12.0. The minimum absolute atomic E-state index is 0.104. The van der Waals surface area contributed by atoms with Gasteiger partial charge in [-0.3, -0.25) is 0 Å². The van der Waals surface area contributed by atoms with Crippen LogP contribution in [-0.2, 0) is 0 Å². The van der Waals surface area contributed by atoms with E-state index >= 15 is 0 Å². The van der Waals surface area contributed by atoms with Crippen LogP contribution in [0.2, 0.25) is 5.02 Å². The van der Waals surface area contributed by atoms with Gasteiger partial charge in [0, 0.05) is 0 Å². The molecule has 0 aliphatic rings. The van der Waals surface area contributed by atoms with Gasteiger partial charge in [0.2, 0.25) is 0 Å². The first-order valence-corrected chi connectivity index (χ1v) is 6.49. The molecule has 3 N–H and O–H groups in total. The molecular weight excluding hydrogens is 332 g/mol. The lowest BCUT2D eigenvalue weighted by Crippen LogP contribution is -2.14. The molecule has 0 radical (unpaired) electrons. The van der Waals surface area contributed by atoms with Gasteiger partial charge in [-0.05, 0) is 40.2 Å². The fraction of sp³-hybridized carbons (Fsp3) is 0. The zero-order valence-electron chi connectivity index (χ0n) is 9.68. The Kier molecular flexibility index (Phi) is 4.29. The summed E-state index contributed by atoms with van der Waals surface area (Å²) in [5.74, 6) is 0.916. The molecule has 98 valence electrons. The van der Waals surface area contributed by atoms with Gasteiger partial charge in [-0.2, -0.15) is 0 Å². The molecule has 0 saturated heterocycles. The van der Waals surface area contributed by atoms with Gasteiger partial charge in [0.25, 0.3) is 0 Å². The molecule has 0 amide bonds. The number of para-hydroxylation sites is 1. The molecule has 0 heterocycles. The van der Waals surface area contributed by atoms with E-state index in [1.54, 1.807) is 24.3 Å². The first kappa shape index (κ1) is 13.7. The molecule has 0 bridgehead atoms. The summed E-state index contributed by atoms with van der Waals surface area (Å²) in [6.45, 7) is 0. The van der Waals surface area contributed by atoms with Crippen molar-refractivity contribution in [2.45, 2.75) is 0 Å². The van der Waals surface area contributed by atoms with Gasteiger partial charge in [0.05, 0.1) is 15.1 Å². The molecule has 2 rings (SSSR count). The van der Waals surface area contributed by atoms with Gasteiger partial charge in [0.1, 0.15) is 11.5 Å². The van der Waals surface area contributed by atoms with Gasteiger partial charge in [-0.15, -0.1) is 0 Å². The molecular formula is C13H10BrClN2O2. The zero-order chi connectivity index (χ0) is 13.8. The van der Waals surface area contributed by atoms with Crippen LogP contribution in [0.3, 0.4) is 0 Å². The van der Waals surface area contributed by atoms with Gasteiger partial charge in [-0.25, -0.2) is 0 Å². The summed E-state index contributed by atoms with van der Waals surface area (Å²) in [5.41, 5.74) is 5.96. The minimum atomic E-state index is -0.104. The summed E-state index contributed by atoms with van der Waals surface area (Å²) in [6, 6.07) is 12.4. The van der Waals surface area contributed by atoms with Crippen molar-refractivity contribution in [3.8, 4) is 11.5 Å². The molecule has 19 heavy (non-hydrogen) atoms. The Hall–Kier alpha value is -1.72. The van der Waals surface area contributed by atoms with Crippen LogP contribution in [0.4, 0.5) is 0 Å². The number of halogens is 2. The Balaban J connectivity index is 2.47. The summed E-state index contributed by atoms with van der Waals surface area (Å²) in [7, 11) is 0. The number of nitrogens with two attached hydrogens (primary N) is 1. The van der Waals surface area contributed by atoms with Crippen LogP contribution in [-0.4, -0.2) is 11.0 Å². The van der Waals surface area contributed by atoms with E-state index < -0.39 is 0 Å². The second-order valence-corrected chi connectivity index (χ2v) is 4.89. The summed E-state index contributed by atoms with van der Waals surface area (Å²) in [4.78, 5) is 0. The molecule has 2 aromatic carbocycles. The molecule has 0 aliphatic heterocycles. The highest BCUT2D eigenvalue weighted by molar-refractivity contribution is 9.10. The number of nitrogens with zero attached hydrogens (tertiary/aromatic N) is 1. The van der Waals surface area contributed by atoms with Crippen LogP contribution in [0.5, 0.6) is 11.5 Å². The molecule has 0 fully saturated rings. The molecule has 0 saturated carbocycles. The number of hydrogen-bond acceptors (Lipinski definition) is 3. The Morgan fingerprint density at radius 1 is 1.16 bits per heavy atom. The summed E-state index contributed by atoms with van der Waals surface area (Å²) in [6.07, 6.45) is 0. The van der Waals surface area contributed by atoms with Crippen molar-refractivity contribution in [2.24, 2.45) is 10.9 Å². The Bertz CT molecular complexity index is 632. The van der Waals surface area contributed by atoms with Gasteiger partial charge in [0.15, 0.2) is 5.84 Å². The van der Waals surface area contributed by atoms with Crippen LogP contribution in [0.15, 0.2) is 52.1 Å². The monoisotopic (exact) mass is 340 g/mol. The number of ether oxygens (including phenoxy) is 1. The highest BCUT2D eigenvalue weighted by atomic mass is 79.9. The molecule has 2 aromatic rings. The van der Waals surface area contributed by atoms with E-state index in [0.717, 1.165) is 4.47 Å². The highest BCUT2D eigenvalue weighted by Gasteiger charge is 2.14. The Morgan fingerprint density at radius 2 is 1.84 bits per heavy atom. The first-order valence-electron chi connectivity index (χ1n) is 5.32. The fourth-order valence-electron chi connectivity index (χ4n) is 1.53. The third kappa shape index (κ3) is 3.00. The number of amidine groups is 1. The maximum Gasteiger partial charge on any atom is 0.175 e. The van der Waals surface area contributed by atoms with E-state index in [4.69, 9.17) is 27.3 Å². The van der Waals surface area contributed by atoms with Crippen LogP contribution < -0.4 is 10.5 Å². The van der Waals surface area contributed by atoms with Gasteiger partial charge >= 0.3 is 0 Å². The third-order valence-electron chi connectivity index (χ3n) is 2.40. The summed E-state index contributed by atoms with van der Waals surface area (Å²) >= 11 is 9.43. The normalized spacial score (nSPS) is 11.4. The lowest BCUT2D eigenvalue weighted by Gasteiger charge is -2.12. The highest BCUT2D eigenvalue weighted by Crippen LogP contribution is 2.33. The fourth-order valence-corrected chi connectivity index (χ4v) is 2.16. The predicted octanol–water partition coefficient (Wildman–Crippen LogP) is 3.99. The first-order chi connectivity index (χ1) is 9.13. The largest absolute Gasteiger partial charge is 0.455 e. The Morgan fingerprint density at radius 3 is 2.53 bits per heavy atom. The van der Waals surface area contributed by atoms with Crippen LogP contribution in [0.1, 0.15) is 5.56 Å². The van der Waals surface area contributed by atoms with E-state index in [0.29, 0.717) is 22.1 Å². The lowest BCUT2D eigenvalue weighted by molar-refractivity contribution is 0.318. The number of oxime groups is 1. The van der Waals surface area contributed by atoms with Crippen molar-refractivity contribution in [3.05, 3.63) is 57.5 Å². The second kappa shape index (κ2) is 5.95. The number of rotatable bonds is 3. The van der Waals surface area contributed by atoms with Crippen LogP contribution in [0, 0.1) is 0 Å². The lowest BCUT2D eigenvalue weighted by atomic mass is 10.2. The molecule has 4 nitrogen and oxygen atoms in total. The van der Waals surface area contributed by atoms with Gasteiger partial charge < -0.3 is 15.7 Å². The van der Waals surface area contributed by atoms with E-state index in [2.05, 4.69) is 21.1 Å². The van der Waals surface area contributed by atoms with Crippen molar-refractivity contribution in [2.75, 3.05) is 0 Å². The maximum atomic E-state index is 8.80. The molecule has 0 atom stereocenters. The molecule has 0 aliphatic carbocycles. The molecule has 0 spiro atoms. The van der Waals surface area contributed by atoms with E-state index in [-0.39, 0.29) is 5.84 Å². The minimum Gasteiger partial charge on any atom is -0.455 e. The maximum absolute atomic E-state index is 8.80. The average molecular weight is 342 g/mol. The van der Waals surface area contributed by atoms with Crippen molar-refractivity contribution in [1.82, 2.24) is 0 Å². The molecule has 6 heteroatoms. The van der Waals surface area contributed by atoms with E-state index in [1.807, 2.05) is 18.2 Å². The van der Waals surface area contributed by atoms with Gasteiger partial charge in [-0.1, -0.05) is 35.0 Å². The van der Waals surface area contributed by atoms with Crippen molar-refractivity contribution in [3.63, 3.8) is 0 Å². The predicted molar refractivity (Wildman–Crippen MR) is 78.2 cm³/mol. The van der Waals surface area contributed by atoms with Crippen LogP contribution in [0.25, 0.3) is 0 Å². The number of benzene rings is 2. The van der Waals surface area contributed by atoms with E-state index in [1.165, 1.54) is 0 Å². The second-order valence-electron chi connectivity index (χ2n) is 3.63. The SMILES string of the molecule is NC(=NO)c1c(Cl)cccc1Oc1ccccc1Br. The molecule has 0 unspecified atom stereocenters. The molecule has 0 aromatic heterocycles. The smallest absolute Gasteiger partial charge is 0.175 e. The van der Waals surface area contributed by atoms with Crippen molar-refractivity contribution < 1.29 is 9.94 Å². The standard InChI is InChI=1S/C13H10BrClN2O2/c14-8-4-1-2-6-10(8)19-11-7-3-5-9(15)12(11)13(16)17-18/h1-7,18H,(H2,16,17). The van der Waals surface area contributed by atoms with E-state index in [9.17, 15) is 0 Å². The summed E-state index contributed by atoms with van der Waals surface area (Å²) < 4.78 is 6.53. The van der Waals surface area contributed by atoms with Crippen molar-refractivity contribution >= 4 is 33.4 Å². The quantitative estimate of drug-likeness (QED) is 0.384. The average Bonchev–Trinajstić information content (AvgIpc) is 2.41. The topological polar surface area (TPSA) is 67.8 Å². The van der Waals surface area contributed by atoms with Crippen LogP contribution >= 0.6 is 27.5 Å². The summed E-state index contributed by atoms with van der Waals surface area (Å²) in [5, 5.41) is 12.1. The number of hydrogen-bond donors (Lipinski definition) is 2.